The lowest BCUT2D eigenvalue weighted by molar-refractivity contribution is -0.125. The van der Waals surface area contributed by atoms with Gasteiger partial charge < -0.3 is 9.88 Å². The number of hydrogen-bond acceptors (Lipinski definition) is 2. The average molecular weight is 304 g/mol. The third-order valence-corrected chi connectivity index (χ3v) is 3.48. The smallest absolute Gasteiger partial charge is 0.324 e. The molecule has 2 aromatic rings. The van der Waals surface area contributed by atoms with Crippen LogP contribution in [0.4, 0.5) is 13.2 Å². The van der Waals surface area contributed by atoms with Crippen LogP contribution in [0.5, 0.6) is 0 Å². The molecule has 1 fully saturated rings. The molecular weight excluding hydrogens is 291 g/mol. The Bertz CT molecular complexity index is 632. The predicted octanol–water partition coefficient (Wildman–Crippen LogP) is 3.68. The van der Waals surface area contributed by atoms with E-state index in [0.717, 1.165) is 23.9 Å². The van der Waals surface area contributed by atoms with E-state index in [1.807, 2.05) is 10.6 Å². The number of aromatic nitrogens is 2. The van der Waals surface area contributed by atoms with Crippen LogP contribution in [0.25, 0.3) is 11.0 Å². The average Bonchev–Trinajstić information content (AvgIpc) is 3.10. The summed E-state index contributed by atoms with van der Waals surface area (Å²) in [7, 11) is 0. The molecule has 1 aromatic carbocycles. The number of hydrogen-bond donors (Lipinski definition) is 1. The van der Waals surface area contributed by atoms with Gasteiger partial charge in [-0.1, -0.05) is 11.6 Å². The molecule has 1 aliphatic rings. The molecule has 0 atom stereocenters. The van der Waals surface area contributed by atoms with Gasteiger partial charge in [-0.15, -0.1) is 0 Å². The van der Waals surface area contributed by atoms with Gasteiger partial charge in [0.2, 0.25) is 0 Å². The molecule has 0 aliphatic heterocycles. The van der Waals surface area contributed by atoms with Crippen LogP contribution in [-0.2, 0) is 6.54 Å². The normalized spacial score (nSPS) is 16.0. The Morgan fingerprint density at radius 3 is 2.75 bits per heavy atom. The largest absolute Gasteiger partial charge is 0.401 e. The molecule has 3 nitrogen and oxygen atoms in total. The van der Waals surface area contributed by atoms with Gasteiger partial charge in [-0.05, 0) is 31.0 Å². The van der Waals surface area contributed by atoms with Crippen molar-refractivity contribution in [1.29, 1.82) is 0 Å². The van der Waals surface area contributed by atoms with Crippen molar-refractivity contribution in [1.82, 2.24) is 14.9 Å². The molecule has 0 unspecified atom stereocenters. The van der Waals surface area contributed by atoms with Crippen LogP contribution in [0.3, 0.4) is 0 Å². The summed E-state index contributed by atoms with van der Waals surface area (Å²) in [6.45, 7) is -0.913. The third kappa shape index (κ3) is 2.91. The SMILES string of the molecule is FC(F)(F)CNCc1nc2cc(Cl)ccc2n1C1CC1. The fourth-order valence-corrected chi connectivity index (χ4v) is 2.47. The molecule has 0 spiro atoms. The zero-order chi connectivity index (χ0) is 14.3. The maximum atomic E-state index is 12.2. The molecule has 108 valence electrons. The molecule has 1 saturated carbocycles. The zero-order valence-corrected chi connectivity index (χ0v) is 11.3. The summed E-state index contributed by atoms with van der Waals surface area (Å²) in [5, 5.41) is 2.98. The molecule has 0 amide bonds. The van der Waals surface area contributed by atoms with E-state index in [9.17, 15) is 13.2 Å². The van der Waals surface area contributed by atoms with Gasteiger partial charge in [0.1, 0.15) is 5.82 Å². The van der Waals surface area contributed by atoms with E-state index in [-0.39, 0.29) is 6.54 Å². The van der Waals surface area contributed by atoms with E-state index >= 15 is 0 Å². The first-order valence-corrected chi connectivity index (χ1v) is 6.76. The van der Waals surface area contributed by atoms with Gasteiger partial charge in [0.05, 0.1) is 24.1 Å². The van der Waals surface area contributed by atoms with Crippen molar-refractivity contribution >= 4 is 22.6 Å². The first-order valence-electron chi connectivity index (χ1n) is 6.38. The van der Waals surface area contributed by atoms with Gasteiger partial charge in [-0.3, -0.25) is 0 Å². The van der Waals surface area contributed by atoms with Crippen molar-refractivity contribution in [2.75, 3.05) is 6.54 Å². The summed E-state index contributed by atoms with van der Waals surface area (Å²) in [5.41, 5.74) is 1.66. The summed E-state index contributed by atoms with van der Waals surface area (Å²) in [4.78, 5) is 4.40. The molecule has 1 aliphatic carbocycles. The first kappa shape index (κ1) is 13.7. The van der Waals surface area contributed by atoms with Crippen molar-refractivity contribution < 1.29 is 13.2 Å². The lowest BCUT2D eigenvalue weighted by Gasteiger charge is -2.10. The number of halogens is 4. The molecular formula is C13H13ClF3N3. The molecule has 20 heavy (non-hydrogen) atoms. The molecule has 7 heteroatoms. The van der Waals surface area contributed by atoms with E-state index in [1.165, 1.54) is 0 Å². The monoisotopic (exact) mass is 303 g/mol. The Morgan fingerprint density at radius 2 is 2.10 bits per heavy atom. The fourth-order valence-electron chi connectivity index (χ4n) is 2.30. The maximum absolute atomic E-state index is 12.2. The van der Waals surface area contributed by atoms with Crippen LogP contribution in [0.15, 0.2) is 18.2 Å². The van der Waals surface area contributed by atoms with Gasteiger partial charge in [0.25, 0.3) is 0 Å². The van der Waals surface area contributed by atoms with Crippen LogP contribution in [0, 0.1) is 0 Å². The van der Waals surface area contributed by atoms with Gasteiger partial charge in [0, 0.05) is 11.1 Å². The number of benzene rings is 1. The second kappa shape index (κ2) is 4.93. The lowest BCUT2D eigenvalue weighted by atomic mass is 10.3. The lowest BCUT2D eigenvalue weighted by Crippen LogP contribution is -2.29. The number of nitrogens with zero attached hydrogens (tertiary/aromatic N) is 2. The summed E-state index contributed by atoms with van der Waals surface area (Å²) < 4.78 is 38.6. The van der Waals surface area contributed by atoms with Gasteiger partial charge in [0.15, 0.2) is 0 Å². The highest BCUT2D eigenvalue weighted by Crippen LogP contribution is 2.39. The van der Waals surface area contributed by atoms with E-state index < -0.39 is 12.7 Å². The van der Waals surface area contributed by atoms with E-state index in [2.05, 4.69) is 10.3 Å². The van der Waals surface area contributed by atoms with Crippen molar-refractivity contribution in [3.8, 4) is 0 Å². The molecule has 1 heterocycles. The van der Waals surface area contributed by atoms with Crippen LogP contribution < -0.4 is 5.32 Å². The Kier molecular flexibility index (Phi) is 3.38. The van der Waals surface area contributed by atoms with Gasteiger partial charge in [-0.25, -0.2) is 4.98 Å². The fraction of sp³-hybridized carbons (Fsp3) is 0.462. The Balaban J connectivity index is 1.87. The molecule has 1 N–H and O–H groups in total. The Labute approximate surface area is 118 Å². The summed E-state index contributed by atoms with van der Waals surface area (Å²) >= 11 is 5.93. The predicted molar refractivity (Wildman–Crippen MR) is 70.8 cm³/mol. The summed E-state index contributed by atoms with van der Waals surface area (Å²) in [6.07, 6.45) is -2.12. The second-order valence-electron chi connectivity index (χ2n) is 4.98. The van der Waals surface area contributed by atoms with Crippen LogP contribution in [0.2, 0.25) is 5.02 Å². The van der Waals surface area contributed by atoms with Gasteiger partial charge >= 0.3 is 6.18 Å². The minimum absolute atomic E-state index is 0.0995. The third-order valence-electron chi connectivity index (χ3n) is 3.25. The maximum Gasteiger partial charge on any atom is 0.401 e. The molecule has 3 rings (SSSR count). The molecule has 0 saturated heterocycles. The summed E-state index contributed by atoms with van der Waals surface area (Å²) in [5.74, 6) is 0.633. The zero-order valence-electron chi connectivity index (χ0n) is 10.5. The Morgan fingerprint density at radius 1 is 1.35 bits per heavy atom. The van der Waals surface area contributed by atoms with Crippen molar-refractivity contribution in [3.63, 3.8) is 0 Å². The Hall–Kier alpha value is -1.27. The minimum atomic E-state index is -4.21. The van der Waals surface area contributed by atoms with Crippen LogP contribution in [0.1, 0.15) is 24.7 Å². The second-order valence-corrected chi connectivity index (χ2v) is 5.42. The minimum Gasteiger partial charge on any atom is -0.324 e. The van der Waals surface area contributed by atoms with E-state index in [4.69, 9.17) is 11.6 Å². The van der Waals surface area contributed by atoms with Gasteiger partial charge in [-0.2, -0.15) is 13.2 Å². The number of rotatable bonds is 4. The summed E-state index contributed by atoms with van der Waals surface area (Å²) in [6, 6.07) is 5.74. The highest BCUT2D eigenvalue weighted by molar-refractivity contribution is 6.31. The molecule has 0 bridgehead atoms. The van der Waals surface area contributed by atoms with Crippen molar-refractivity contribution in [2.24, 2.45) is 0 Å². The van der Waals surface area contributed by atoms with Crippen molar-refractivity contribution in [3.05, 3.63) is 29.0 Å². The number of imidazole rings is 1. The number of nitrogens with one attached hydrogen (secondary N) is 1. The highest BCUT2D eigenvalue weighted by atomic mass is 35.5. The number of alkyl halides is 3. The molecule has 0 radical (unpaired) electrons. The van der Waals surface area contributed by atoms with Crippen LogP contribution in [-0.4, -0.2) is 22.3 Å². The van der Waals surface area contributed by atoms with E-state index in [0.29, 0.717) is 16.9 Å². The van der Waals surface area contributed by atoms with Crippen LogP contribution >= 0.6 is 11.6 Å². The molecule has 1 aromatic heterocycles. The quantitative estimate of drug-likeness (QED) is 0.934. The topological polar surface area (TPSA) is 29.9 Å². The number of fused-ring (bicyclic) bond motifs is 1. The van der Waals surface area contributed by atoms with Crippen molar-refractivity contribution in [2.45, 2.75) is 31.6 Å². The standard InChI is InChI=1S/C13H13ClF3N3/c14-8-1-4-11-10(5-8)19-12(20(11)9-2-3-9)6-18-7-13(15,16)17/h1,4-5,9,18H,2-3,6-7H2. The first-order chi connectivity index (χ1) is 9.44. The highest BCUT2D eigenvalue weighted by Gasteiger charge is 2.29. The van der Waals surface area contributed by atoms with E-state index in [1.54, 1.807) is 12.1 Å².